The number of aryl methyl sites for hydroxylation is 1. The molecule has 0 radical (unpaired) electrons. The maximum Gasteiger partial charge on any atom is 0.220 e. The van der Waals surface area contributed by atoms with Crippen molar-refractivity contribution in [3.05, 3.63) is 82.1 Å². The quantitative estimate of drug-likeness (QED) is 0.510. The molecule has 1 heterocycles. The van der Waals surface area contributed by atoms with Crippen molar-refractivity contribution in [3.63, 3.8) is 0 Å². The number of rotatable bonds is 6. The first-order valence-corrected chi connectivity index (χ1v) is 11.7. The van der Waals surface area contributed by atoms with E-state index in [9.17, 15) is 9.18 Å². The van der Waals surface area contributed by atoms with Gasteiger partial charge in [0.05, 0.1) is 5.02 Å². The highest BCUT2D eigenvalue weighted by atomic mass is 35.5. The van der Waals surface area contributed by atoms with Gasteiger partial charge in [-0.05, 0) is 54.0 Å². The van der Waals surface area contributed by atoms with E-state index in [0.717, 1.165) is 36.0 Å². The van der Waals surface area contributed by atoms with Crippen molar-refractivity contribution in [2.24, 2.45) is 0 Å². The maximum atomic E-state index is 14.9. The summed E-state index contributed by atoms with van der Waals surface area (Å²) in [5.74, 6) is -0.167. The molecular weight excluding hydrogens is 423 g/mol. The monoisotopic (exact) mass is 448 g/mol. The highest BCUT2D eigenvalue weighted by Crippen LogP contribution is 2.40. The topological polar surface area (TPSA) is 41.1 Å². The second-order valence-corrected chi connectivity index (χ2v) is 9.08. The van der Waals surface area contributed by atoms with Crippen molar-refractivity contribution in [1.29, 1.82) is 0 Å². The van der Waals surface area contributed by atoms with Crippen molar-refractivity contribution in [2.45, 2.75) is 44.7 Å². The predicted octanol–water partition coefficient (Wildman–Crippen LogP) is 5.67. The van der Waals surface area contributed by atoms with E-state index in [0.29, 0.717) is 30.1 Å². The summed E-state index contributed by atoms with van der Waals surface area (Å²) in [6, 6.07) is 17.9. The van der Waals surface area contributed by atoms with Crippen LogP contribution in [0.4, 0.5) is 4.39 Å². The summed E-state index contributed by atoms with van der Waals surface area (Å²) < 4.78 is 14.9. The molecule has 2 aliphatic rings. The summed E-state index contributed by atoms with van der Waals surface area (Å²) in [7, 11) is 0. The van der Waals surface area contributed by atoms with Gasteiger partial charge in [0.2, 0.25) is 5.91 Å². The minimum Gasteiger partial charge on any atom is -0.352 e. The lowest BCUT2D eigenvalue weighted by Gasteiger charge is -2.15. The van der Waals surface area contributed by atoms with E-state index < -0.39 is 0 Å². The van der Waals surface area contributed by atoms with Crippen molar-refractivity contribution in [1.82, 2.24) is 10.6 Å². The van der Waals surface area contributed by atoms with Crippen molar-refractivity contribution < 1.29 is 9.18 Å². The molecule has 1 aliphatic heterocycles. The first-order chi connectivity index (χ1) is 15.6. The molecule has 3 nitrogen and oxygen atoms in total. The van der Waals surface area contributed by atoms with Gasteiger partial charge in [0.15, 0.2) is 0 Å². The third kappa shape index (κ3) is 4.17. The number of carbonyl (C=O) groups excluding carboxylic acids is 1. The second kappa shape index (κ2) is 9.05. The van der Waals surface area contributed by atoms with E-state index in [1.807, 2.05) is 24.3 Å². The third-order valence-corrected chi connectivity index (χ3v) is 7.00. The maximum absolute atomic E-state index is 14.9. The van der Waals surface area contributed by atoms with Crippen LogP contribution in [0.1, 0.15) is 36.0 Å². The minimum absolute atomic E-state index is 0.0897. The molecule has 0 saturated carbocycles. The lowest BCUT2D eigenvalue weighted by atomic mass is 9.93. The first kappa shape index (κ1) is 21.2. The van der Waals surface area contributed by atoms with E-state index >= 15 is 0 Å². The number of fused-ring (bicyclic) bond motifs is 1. The molecule has 1 atom stereocenters. The van der Waals surface area contributed by atoms with Gasteiger partial charge in [0.25, 0.3) is 0 Å². The molecule has 2 N–H and O–H groups in total. The molecule has 5 rings (SSSR count). The van der Waals surface area contributed by atoms with Crippen LogP contribution < -0.4 is 10.6 Å². The van der Waals surface area contributed by atoms with Crippen molar-refractivity contribution in [3.8, 4) is 22.3 Å². The minimum atomic E-state index is -0.257. The summed E-state index contributed by atoms with van der Waals surface area (Å²) in [4.78, 5) is 11.3. The Morgan fingerprint density at radius 2 is 1.81 bits per heavy atom. The Morgan fingerprint density at radius 3 is 2.62 bits per heavy atom. The fourth-order valence-electron chi connectivity index (χ4n) is 4.90. The Labute approximate surface area is 193 Å². The van der Waals surface area contributed by atoms with Gasteiger partial charge in [-0.1, -0.05) is 60.1 Å². The highest BCUT2D eigenvalue weighted by molar-refractivity contribution is 6.36. The molecule has 1 fully saturated rings. The van der Waals surface area contributed by atoms with Crippen LogP contribution in [-0.2, 0) is 24.2 Å². The zero-order valence-electron chi connectivity index (χ0n) is 17.9. The molecular formula is C27H26ClFN2O. The van der Waals surface area contributed by atoms with Crippen LogP contribution >= 0.6 is 11.6 Å². The molecule has 3 aromatic carbocycles. The molecule has 5 heteroatoms. The molecule has 3 aromatic rings. The number of benzene rings is 3. The van der Waals surface area contributed by atoms with E-state index in [1.165, 1.54) is 23.1 Å². The molecule has 32 heavy (non-hydrogen) atoms. The van der Waals surface area contributed by atoms with Gasteiger partial charge in [0, 0.05) is 42.2 Å². The fraction of sp³-hybridized carbons (Fsp3) is 0.296. The molecule has 0 bridgehead atoms. The normalized spacial score (nSPS) is 17.4. The fourth-order valence-corrected chi connectivity index (χ4v) is 5.24. The van der Waals surface area contributed by atoms with Crippen molar-refractivity contribution in [2.75, 3.05) is 6.54 Å². The van der Waals surface area contributed by atoms with E-state index in [-0.39, 0.29) is 17.8 Å². The lowest BCUT2D eigenvalue weighted by molar-refractivity contribution is -0.119. The standard InChI is InChI=1S/C27H26ClFN2O/c28-27-22(7-3-9-24(27)23-8-2-5-17-4-1-6-21(17)23)18-10-11-19(25(29)14-18)15-30-16-20-12-13-26(32)31-20/h2-3,5,7-11,14,20,30H,1,4,6,12-13,15-16H2,(H,31,32)/t20-/m0/s1. The lowest BCUT2D eigenvalue weighted by Crippen LogP contribution is -2.35. The molecule has 0 spiro atoms. The van der Waals surface area contributed by atoms with Gasteiger partial charge in [-0.25, -0.2) is 4.39 Å². The summed E-state index contributed by atoms with van der Waals surface area (Å²) in [5.41, 5.74) is 7.20. The van der Waals surface area contributed by atoms with Crippen LogP contribution in [0.25, 0.3) is 22.3 Å². The number of carbonyl (C=O) groups is 1. The van der Waals surface area contributed by atoms with E-state index in [2.05, 4.69) is 34.9 Å². The second-order valence-electron chi connectivity index (χ2n) is 8.70. The van der Waals surface area contributed by atoms with E-state index in [1.54, 1.807) is 6.07 Å². The number of amides is 1. The number of nitrogens with one attached hydrogen (secondary N) is 2. The van der Waals surface area contributed by atoms with Crippen LogP contribution in [-0.4, -0.2) is 18.5 Å². The smallest absolute Gasteiger partial charge is 0.220 e. The van der Waals surface area contributed by atoms with Crippen LogP contribution in [0.15, 0.2) is 54.6 Å². The Bertz CT molecular complexity index is 1180. The van der Waals surface area contributed by atoms with Crippen LogP contribution in [0.3, 0.4) is 0 Å². The highest BCUT2D eigenvalue weighted by Gasteiger charge is 2.21. The number of halogens is 2. The summed E-state index contributed by atoms with van der Waals surface area (Å²) in [6.07, 6.45) is 4.77. The Morgan fingerprint density at radius 1 is 1.00 bits per heavy atom. The van der Waals surface area contributed by atoms with Gasteiger partial charge < -0.3 is 10.6 Å². The summed E-state index contributed by atoms with van der Waals surface area (Å²) >= 11 is 6.87. The van der Waals surface area contributed by atoms with Crippen molar-refractivity contribution >= 4 is 17.5 Å². The average Bonchev–Trinajstić information content (AvgIpc) is 3.44. The van der Waals surface area contributed by atoms with Gasteiger partial charge >= 0.3 is 0 Å². The van der Waals surface area contributed by atoms with Gasteiger partial charge in [-0.3, -0.25) is 4.79 Å². The van der Waals surface area contributed by atoms with E-state index in [4.69, 9.17) is 11.6 Å². The zero-order chi connectivity index (χ0) is 22.1. The van der Waals surface area contributed by atoms with Gasteiger partial charge in [-0.15, -0.1) is 0 Å². The zero-order valence-corrected chi connectivity index (χ0v) is 18.6. The summed E-state index contributed by atoms with van der Waals surface area (Å²) in [5, 5.41) is 6.83. The predicted molar refractivity (Wildman–Crippen MR) is 127 cm³/mol. The molecule has 164 valence electrons. The third-order valence-electron chi connectivity index (χ3n) is 6.59. The largest absolute Gasteiger partial charge is 0.352 e. The average molecular weight is 449 g/mol. The Kier molecular flexibility index (Phi) is 5.99. The van der Waals surface area contributed by atoms with Gasteiger partial charge in [-0.2, -0.15) is 0 Å². The van der Waals surface area contributed by atoms with Crippen LogP contribution in [0, 0.1) is 5.82 Å². The van der Waals surface area contributed by atoms with Crippen LogP contribution in [0.2, 0.25) is 5.02 Å². The first-order valence-electron chi connectivity index (χ1n) is 11.3. The van der Waals surface area contributed by atoms with Gasteiger partial charge in [0.1, 0.15) is 5.82 Å². The molecule has 0 aromatic heterocycles. The number of hydrogen-bond acceptors (Lipinski definition) is 2. The van der Waals surface area contributed by atoms with Crippen LogP contribution in [0.5, 0.6) is 0 Å². The SMILES string of the molecule is O=C1CC[C@@H](CNCc2ccc(-c3cccc(-c4cccc5c4CCC5)c3Cl)cc2F)N1. The summed E-state index contributed by atoms with van der Waals surface area (Å²) in [6.45, 7) is 1.06. The molecule has 1 amide bonds. The Balaban J connectivity index is 1.36. The molecule has 1 aliphatic carbocycles. The Hall–Kier alpha value is -2.69. The molecule has 0 unspecified atom stereocenters. The number of hydrogen-bond donors (Lipinski definition) is 2. The molecule has 1 saturated heterocycles.